The van der Waals surface area contributed by atoms with Gasteiger partial charge < -0.3 is 5.73 Å². The van der Waals surface area contributed by atoms with Crippen LogP contribution in [0.1, 0.15) is 37.4 Å². The first-order chi connectivity index (χ1) is 7.36. The third-order valence-corrected chi connectivity index (χ3v) is 3.37. The summed E-state index contributed by atoms with van der Waals surface area (Å²) in [6, 6.07) is 4.18. The van der Waals surface area contributed by atoms with Crippen LogP contribution in [0.25, 0.3) is 0 Å². The molecular formula is C12H20N2S. The Balaban J connectivity index is 2.24. The van der Waals surface area contributed by atoms with Crippen molar-refractivity contribution in [2.24, 2.45) is 5.73 Å². The van der Waals surface area contributed by atoms with Crippen molar-refractivity contribution in [1.29, 1.82) is 0 Å². The zero-order valence-electron chi connectivity index (χ0n) is 9.41. The Labute approximate surface area is 96.7 Å². The van der Waals surface area contributed by atoms with Crippen LogP contribution in [0.3, 0.4) is 0 Å². The third kappa shape index (κ3) is 5.19. The zero-order chi connectivity index (χ0) is 10.9. The van der Waals surface area contributed by atoms with E-state index in [9.17, 15) is 0 Å². The summed E-state index contributed by atoms with van der Waals surface area (Å²) in [5, 5.41) is 0. The average Bonchev–Trinajstić information content (AvgIpc) is 2.29. The molecule has 0 saturated heterocycles. The van der Waals surface area contributed by atoms with Crippen LogP contribution in [-0.4, -0.2) is 10.7 Å². The smallest absolute Gasteiger partial charge is 0.0542 e. The van der Waals surface area contributed by atoms with Crippen molar-refractivity contribution >= 4 is 11.8 Å². The van der Waals surface area contributed by atoms with Crippen LogP contribution < -0.4 is 5.73 Å². The van der Waals surface area contributed by atoms with Gasteiger partial charge in [0.2, 0.25) is 0 Å². The van der Waals surface area contributed by atoms with E-state index in [0.717, 1.165) is 11.4 Å². The lowest BCUT2D eigenvalue weighted by molar-refractivity contribution is 0.778. The summed E-state index contributed by atoms with van der Waals surface area (Å²) in [5.41, 5.74) is 7.87. The molecule has 84 valence electrons. The Morgan fingerprint density at radius 1 is 1.40 bits per heavy atom. The van der Waals surface area contributed by atoms with E-state index in [1.165, 1.54) is 30.6 Å². The zero-order valence-corrected chi connectivity index (χ0v) is 10.2. The van der Waals surface area contributed by atoms with Gasteiger partial charge in [0.25, 0.3) is 0 Å². The molecule has 0 fully saturated rings. The number of nitrogens with zero attached hydrogens (tertiary/aromatic N) is 1. The molecule has 0 aromatic carbocycles. The highest BCUT2D eigenvalue weighted by molar-refractivity contribution is 7.98. The monoisotopic (exact) mass is 224 g/mol. The number of thioether (sulfide) groups is 1. The number of unbranched alkanes of at least 4 members (excludes halogenated alkanes) is 2. The lowest BCUT2D eigenvalue weighted by Crippen LogP contribution is -1.99. The molecule has 0 bridgehead atoms. The SMILES string of the molecule is CCCCCSCc1ccnc(CN)c1. The number of aromatic nitrogens is 1. The second-order valence-electron chi connectivity index (χ2n) is 3.62. The largest absolute Gasteiger partial charge is 0.325 e. The molecule has 0 atom stereocenters. The van der Waals surface area contributed by atoms with Crippen LogP contribution >= 0.6 is 11.8 Å². The highest BCUT2D eigenvalue weighted by Gasteiger charge is 1.96. The molecule has 0 aliphatic carbocycles. The Morgan fingerprint density at radius 3 is 3.00 bits per heavy atom. The van der Waals surface area contributed by atoms with Crippen LogP contribution in [0.15, 0.2) is 18.3 Å². The summed E-state index contributed by atoms with van der Waals surface area (Å²) in [4.78, 5) is 4.18. The van der Waals surface area contributed by atoms with E-state index in [1.54, 1.807) is 0 Å². The molecule has 0 spiro atoms. The Bertz CT molecular complexity index is 276. The van der Waals surface area contributed by atoms with Gasteiger partial charge in [-0.05, 0) is 29.9 Å². The molecule has 1 aromatic heterocycles. The minimum Gasteiger partial charge on any atom is -0.325 e. The highest BCUT2D eigenvalue weighted by Crippen LogP contribution is 2.14. The first-order valence-corrected chi connectivity index (χ1v) is 6.74. The molecule has 1 rings (SSSR count). The van der Waals surface area contributed by atoms with Crippen molar-refractivity contribution in [1.82, 2.24) is 4.98 Å². The van der Waals surface area contributed by atoms with Crippen molar-refractivity contribution in [3.63, 3.8) is 0 Å². The molecule has 0 radical (unpaired) electrons. The van der Waals surface area contributed by atoms with Crippen LogP contribution in [-0.2, 0) is 12.3 Å². The van der Waals surface area contributed by atoms with E-state index in [2.05, 4.69) is 24.0 Å². The number of hydrogen-bond donors (Lipinski definition) is 1. The van der Waals surface area contributed by atoms with E-state index in [0.29, 0.717) is 6.54 Å². The number of hydrogen-bond acceptors (Lipinski definition) is 3. The second-order valence-corrected chi connectivity index (χ2v) is 4.72. The van der Waals surface area contributed by atoms with Crippen LogP contribution in [0.4, 0.5) is 0 Å². The number of pyridine rings is 1. The second kappa shape index (κ2) is 7.71. The molecule has 2 N–H and O–H groups in total. The summed E-state index contributed by atoms with van der Waals surface area (Å²) in [7, 11) is 0. The third-order valence-electron chi connectivity index (χ3n) is 2.25. The van der Waals surface area contributed by atoms with Crippen LogP contribution in [0, 0.1) is 0 Å². The van der Waals surface area contributed by atoms with Crippen molar-refractivity contribution in [3.8, 4) is 0 Å². The fourth-order valence-corrected chi connectivity index (χ4v) is 2.34. The first kappa shape index (κ1) is 12.5. The number of rotatable bonds is 7. The van der Waals surface area contributed by atoms with Gasteiger partial charge in [-0.3, -0.25) is 4.98 Å². The van der Waals surface area contributed by atoms with Gasteiger partial charge in [-0.15, -0.1) is 0 Å². The fraction of sp³-hybridized carbons (Fsp3) is 0.583. The Morgan fingerprint density at radius 2 is 2.27 bits per heavy atom. The summed E-state index contributed by atoms with van der Waals surface area (Å²) >= 11 is 2.00. The van der Waals surface area contributed by atoms with Crippen LogP contribution in [0.2, 0.25) is 0 Å². The maximum Gasteiger partial charge on any atom is 0.0542 e. The normalized spacial score (nSPS) is 10.5. The Hall–Kier alpha value is -0.540. The minimum atomic E-state index is 0.536. The quantitative estimate of drug-likeness (QED) is 0.724. The molecule has 0 unspecified atom stereocenters. The number of nitrogens with two attached hydrogens (primary N) is 1. The molecule has 0 aliphatic rings. The predicted octanol–water partition coefficient (Wildman–Crippen LogP) is 2.96. The first-order valence-electron chi connectivity index (χ1n) is 5.58. The molecule has 1 aromatic rings. The van der Waals surface area contributed by atoms with Gasteiger partial charge in [-0.2, -0.15) is 11.8 Å². The molecule has 0 saturated carbocycles. The van der Waals surface area contributed by atoms with Gasteiger partial charge in [-0.25, -0.2) is 0 Å². The van der Waals surface area contributed by atoms with E-state index >= 15 is 0 Å². The van der Waals surface area contributed by atoms with E-state index in [-0.39, 0.29) is 0 Å². The molecular weight excluding hydrogens is 204 g/mol. The Kier molecular flexibility index (Phi) is 6.44. The van der Waals surface area contributed by atoms with Gasteiger partial charge in [0.15, 0.2) is 0 Å². The standard InChI is InChI=1S/C12H20N2S/c1-2-3-4-7-15-10-11-5-6-14-12(8-11)9-13/h5-6,8H,2-4,7,9-10,13H2,1H3. The maximum absolute atomic E-state index is 5.54. The minimum absolute atomic E-state index is 0.536. The highest BCUT2D eigenvalue weighted by atomic mass is 32.2. The van der Waals surface area contributed by atoms with Crippen molar-refractivity contribution in [2.75, 3.05) is 5.75 Å². The lowest BCUT2D eigenvalue weighted by Gasteiger charge is -2.03. The topological polar surface area (TPSA) is 38.9 Å². The van der Waals surface area contributed by atoms with E-state index in [1.807, 2.05) is 18.0 Å². The van der Waals surface area contributed by atoms with E-state index in [4.69, 9.17) is 5.73 Å². The predicted molar refractivity (Wildman–Crippen MR) is 67.8 cm³/mol. The van der Waals surface area contributed by atoms with Crippen molar-refractivity contribution in [3.05, 3.63) is 29.6 Å². The average molecular weight is 224 g/mol. The molecule has 1 heterocycles. The van der Waals surface area contributed by atoms with Gasteiger partial charge in [0.1, 0.15) is 0 Å². The molecule has 0 aliphatic heterocycles. The molecule has 2 nitrogen and oxygen atoms in total. The lowest BCUT2D eigenvalue weighted by atomic mass is 10.2. The van der Waals surface area contributed by atoms with E-state index < -0.39 is 0 Å². The van der Waals surface area contributed by atoms with Crippen molar-refractivity contribution < 1.29 is 0 Å². The van der Waals surface area contributed by atoms with Crippen molar-refractivity contribution in [2.45, 2.75) is 38.5 Å². The van der Waals surface area contributed by atoms with Gasteiger partial charge >= 0.3 is 0 Å². The summed E-state index contributed by atoms with van der Waals surface area (Å²) in [6.07, 6.45) is 5.82. The fourth-order valence-electron chi connectivity index (χ4n) is 1.37. The summed E-state index contributed by atoms with van der Waals surface area (Å²) in [6.45, 7) is 2.77. The van der Waals surface area contributed by atoms with Gasteiger partial charge in [-0.1, -0.05) is 19.8 Å². The molecule has 0 amide bonds. The molecule has 3 heteroatoms. The van der Waals surface area contributed by atoms with Crippen LogP contribution in [0.5, 0.6) is 0 Å². The molecule has 15 heavy (non-hydrogen) atoms. The summed E-state index contributed by atoms with van der Waals surface area (Å²) in [5.74, 6) is 2.34. The maximum atomic E-state index is 5.54. The van der Waals surface area contributed by atoms with Gasteiger partial charge in [0.05, 0.1) is 5.69 Å². The van der Waals surface area contributed by atoms with Gasteiger partial charge in [0, 0.05) is 18.5 Å². The summed E-state index contributed by atoms with van der Waals surface area (Å²) < 4.78 is 0.